The quantitative estimate of drug-likeness (QED) is 0.848. The third kappa shape index (κ3) is 3.83. The number of fused-ring (bicyclic) bond motifs is 1. The van der Waals surface area contributed by atoms with Crippen LogP contribution in [0.15, 0.2) is 48.5 Å². The molecule has 0 aromatic heterocycles. The number of benzene rings is 2. The maximum Gasteiger partial charge on any atom is 0.254 e. The van der Waals surface area contributed by atoms with E-state index in [1.807, 2.05) is 30.3 Å². The fraction of sp³-hybridized carbons (Fsp3) is 0.286. The Labute approximate surface area is 166 Å². The minimum Gasteiger partial charge on any atom is -0.342 e. The second kappa shape index (κ2) is 7.62. The van der Waals surface area contributed by atoms with E-state index in [1.165, 1.54) is 9.80 Å². The Hall–Kier alpha value is -3.29. The van der Waals surface area contributed by atoms with Crippen LogP contribution in [0.3, 0.4) is 0 Å². The second-order valence-corrected chi connectivity index (χ2v) is 7.21. The van der Waals surface area contributed by atoms with E-state index in [2.05, 4.69) is 5.32 Å². The van der Waals surface area contributed by atoms with Crippen LogP contribution in [-0.2, 0) is 16.0 Å². The highest BCUT2D eigenvalue weighted by Gasteiger charge is 2.44. The SMILES string of the molecule is O=C1N[C@@H](Cc2ccccc2)C(=O)N2CCN(C(=O)c3cc(F)cc(F)c3)C[C@H]12. The molecule has 1 N–H and O–H groups in total. The van der Waals surface area contributed by atoms with Crippen LogP contribution in [0.5, 0.6) is 0 Å². The lowest BCUT2D eigenvalue weighted by atomic mass is 9.98. The fourth-order valence-electron chi connectivity index (χ4n) is 3.83. The first-order valence-corrected chi connectivity index (χ1v) is 9.32. The largest absolute Gasteiger partial charge is 0.342 e. The lowest BCUT2D eigenvalue weighted by molar-refractivity contribution is -0.152. The summed E-state index contributed by atoms with van der Waals surface area (Å²) in [5.74, 6) is -2.80. The maximum absolute atomic E-state index is 13.4. The molecule has 2 saturated heterocycles. The molecule has 3 amide bonds. The van der Waals surface area contributed by atoms with Gasteiger partial charge in [-0.3, -0.25) is 14.4 Å². The first kappa shape index (κ1) is 19.0. The zero-order chi connectivity index (χ0) is 20.5. The van der Waals surface area contributed by atoms with Gasteiger partial charge in [0.25, 0.3) is 5.91 Å². The molecule has 2 atom stereocenters. The predicted octanol–water partition coefficient (Wildman–Crippen LogP) is 1.36. The van der Waals surface area contributed by atoms with Crippen molar-refractivity contribution in [2.45, 2.75) is 18.5 Å². The van der Waals surface area contributed by atoms with Gasteiger partial charge in [-0.05, 0) is 17.7 Å². The second-order valence-electron chi connectivity index (χ2n) is 7.21. The van der Waals surface area contributed by atoms with Gasteiger partial charge in [0.05, 0.1) is 6.54 Å². The third-order valence-electron chi connectivity index (χ3n) is 5.26. The van der Waals surface area contributed by atoms with Gasteiger partial charge >= 0.3 is 0 Å². The number of nitrogens with zero attached hydrogens (tertiary/aromatic N) is 2. The molecule has 6 nitrogen and oxygen atoms in total. The number of rotatable bonds is 3. The number of hydrogen-bond acceptors (Lipinski definition) is 3. The Morgan fingerprint density at radius 2 is 1.72 bits per heavy atom. The average molecular weight is 399 g/mol. The standard InChI is InChI=1S/C21H19F2N3O3/c22-15-9-14(10-16(23)11-15)20(28)25-6-7-26-18(12-25)19(27)24-17(21(26)29)8-13-4-2-1-3-5-13/h1-5,9-11,17-18H,6-8,12H2,(H,24,27)/t17-,18+/m0/s1. The van der Waals surface area contributed by atoms with Crippen LogP contribution in [0.2, 0.25) is 0 Å². The topological polar surface area (TPSA) is 69.7 Å². The Kier molecular flexibility index (Phi) is 5.00. The molecule has 29 heavy (non-hydrogen) atoms. The van der Waals surface area contributed by atoms with E-state index in [0.717, 1.165) is 17.7 Å². The van der Waals surface area contributed by atoms with Gasteiger partial charge in [-0.25, -0.2) is 8.78 Å². The van der Waals surface area contributed by atoms with Crippen LogP contribution in [0, 0.1) is 11.6 Å². The van der Waals surface area contributed by atoms with E-state index in [-0.39, 0.29) is 37.0 Å². The van der Waals surface area contributed by atoms with Gasteiger partial charge in [0.1, 0.15) is 23.7 Å². The zero-order valence-electron chi connectivity index (χ0n) is 15.5. The molecule has 8 heteroatoms. The molecule has 150 valence electrons. The highest BCUT2D eigenvalue weighted by Crippen LogP contribution is 2.20. The minimum atomic E-state index is -0.846. The molecule has 2 fully saturated rings. The summed E-state index contributed by atoms with van der Waals surface area (Å²) in [6.45, 7) is 0.350. The van der Waals surface area contributed by atoms with Crippen LogP contribution in [-0.4, -0.2) is 59.2 Å². The normalized spacial score (nSPS) is 21.6. The summed E-state index contributed by atoms with van der Waals surface area (Å²) in [7, 11) is 0. The van der Waals surface area contributed by atoms with E-state index in [1.54, 1.807) is 0 Å². The van der Waals surface area contributed by atoms with Crippen molar-refractivity contribution in [2.24, 2.45) is 0 Å². The van der Waals surface area contributed by atoms with Crippen LogP contribution in [0.1, 0.15) is 15.9 Å². The van der Waals surface area contributed by atoms with E-state index >= 15 is 0 Å². The van der Waals surface area contributed by atoms with Crippen LogP contribution >= 0.6 is 0 Å². The first-order chi connectivity index (χ1) is 13.9. The number of carbonyl (C=O) groups excluding carboxylic acids is 3. The van der Waals surface area contributed by atoms with Gasteiger partial charge in [0.15, 0.2) is 0 Å². The monoisotopic (exact) mass is 399 g/mol. The molecule has 0 bridgehead atoms. The number of piperazine rings is 2. The Morgan fingerprint density at radius 3 is 2.41 bits per heavy atom. The van der Waals surface area contributed by atoms with Crippen molar-refractivity contribution < 1.29 is 23.2 Å². The Morgan fingerprint density at radius 1 is 1.03 bits per heavy atom. The third-order valence-corrected chi connectivity index (χ3v) is 5.26. The van der Waals surface area contributed by atoms with Crippen molar-refractivity contribution in [1.29, 1.82) is 0 Å². The smallest absolute Gasteiger partial charge is 0.254 e. The molecule has 0 saturated carbocycles. The number of amides is 3. The predicted molar refractivity (Wildman–Crippen MR) is 99.8 cm³/mol. The summed E-state index contributed by atoms with van der Waals surface area (Å²) in [4.78, 5) is 40.9. The molecule has 0 unspecified atom stereocenters. The molecular weight excluding hydrogens is 380 g/mol. The number of hydrogen-bond donors (Lipinski definition) is 1. The van der Waals surface area contributed by atoms with Crippen molar-refractivity contribution in [3.8, 4) is 0 Å². The maximum atomic E-state index is 13.4. The number of nitrogens with one attached hydrogen (secondary N) is 1. The van der Waals surface area contributed by atoms with Crippen LogP contribution in [0.4, 0.5) is 8.78 Å². The molecule has 2 aliphatic rings. The van der Waals surface area contributed by atoms with Crippen molar-refractivity contribution in [3.63, 3.8) is 0 Å². The lowest BCUT2D eigenvalue weighted by Crippen LogP contribution is -2.70. The van der Waals surface area contributed by atoms with Crippen molar-refractivity contribution in [3.05, 3.63) is 71.3 Å². The van der Waals surface area contributed by atoms with Gasteiger partial charge < -0.3 is 15.1 Å². The van der Waals surface area contributed by atoms with Gasteiger partial charge in [-0.2, -0.15) is 0 Å². The number of halogens is 2. The fourth-order valence-corrected chi connectivity index (χ4v) is 3.83. The van der Waals surface area contributed by atoms with E-state index in [4.69, 9.17) is 0 Å². The molecule has 2 aromatic rings. The summed E-state index contributed by atoms with van der Waals surface area (Å²) < 4.78 is 26.9. The lowest BCUT2D eigenvalue weighted by Gasteiger charge is -2.45. The van der Waals surface area contributed by atoms with Crippen LogP contribution < -0.4 is 5.32 Å². The average Bonchev–Trinajstić information content (AvgIpc) is 2.71. The molecule has 0 spiro atoms. The molecule has 2 aromatic carbocycles. The van der Waals surface area contributed by atoms with Gasteiger partial charge in [0, 0.05) is 31.1 Å². The molecule has 2 aliphatic heterocycles. The summed E-state index contributed by atoms with van der Waals surface area (Å²) in [5, 5.41) is 2.74. The molecule has 0 aliphatic carbocycles. The van der Waals surface area contributed by atoms with Gasteiger partial charge in [-0.15, -0.1) is 0 Å². The highest BCUT2D eigenvalue weighted by molar-refractivity contribution is 5.99. The molecule has 4 rings (SSSR count). The minimum absolute atomic E-state index is 0.0212. The summed E-state index contributed by atoms with van der Waals surface area (Å²) in [6.07, 6.45) is 0.389. The molecule has 0 radical (unpaired) electrons. The summed E-state index contributed by atoms with van der Waals surface area (Å²) in [5.41, 5.74) is 0.812. The Bertz CT molecular complexity index is 947. The molecular formula is C21H19F2N3O3. The van der Waals surface area contributed by atoms with Gasteiger partial charge in [0.2, 0.25) is 11.8 Å². The summed E-state index contributed by atoms with van der Waals surface area (Å²) in [6, 6.07) is 10.5. The number of carbonyl (C=O) groups is 3. The zero-order valence-corrected chi connectivity index (χ0v) is 15.5. The van der Waals surface area contributed by atoms with Gasteiger partial charge in [-0.1, -0.05) is 30.3 Å². The summed E-state index contributed by atoms with van der Waals surface area (Å²) >= 11 is 0. The van der Waals surface area contributed by atoms with E-state index in [0.29, 0.717) is 12.5 Å². The van der Waals surface area contributed by atoms with E-state index < -0.39 is 29.6 Å². The first-order valence-electron chi connectivity index (χ1n) is 9.32. The van der Waals surface area contributed by atoms with E-state index in [9.17, 15) is 23.2 Å². The molecule has 2 heterocycles. The highest BCUT2D eigenvalue weighted by atomic mass is 19.1. The van der Waals surface area contributed by atoms with Crippen molar-refractivity contribution in [1.82, 2.24) is 15.1 Å². The Balaban J connectivity index is 1.47. The van der Waals surface area contributed by atoms with Crippen molar-refractivity contribution in [2.75, 3.05) is 19.6 Å². The van der Waals surface area contributed by atoms with Crippen molar-refractivity contribution >= 4 is 17.7 Å². The van der Waals surface area contributed by atoms with Crippen LogP contribution in [0.25, 0.3) is 0 Å².